The van der Waals surface area contributed by atoms with Crippen LogP contribution in [0.2, 0.25) is 0 Å². The van der Waals surface area contributed by atoms with Gasteiger partial charge in [0.25, 0.3) is 0 Å². The molecule has 0 spiro atoms. The lowest BCUT2D eigenvalue weighted by atomic mass is 10.3. The van der Waals surface area contributed by atoms with Crippen LogP contribution in [0.4, 0.5) is 0 Å². The van der Waals surface area contributed by atoms with Crippen LogP contribution in [-0.4, -0.2) is 10.9 Å². The Labute approximate surface area is 123 Å². The van der Waals surface area contributed by atoms with E-state index in [2.05, 4.69) is 10.4 Å². The number of thioether (sulfide) groups is 1. The number of fused-ring (bicyclic) bond motifs is 1. The third kappa shape index (κ3) is 2.55. The number of benzene rings is 1. The molecule has 1 aromatic carbocycles. The monoisotopic (exact) mass is 305 g/mol. The maximum atomic E-state index is 11.5. The van der Waals surface area contributed by atoms with Crippen molar-refractivity contribution in [2.45, 2.75) is 10.1 Å². The average Bonchev–Trinajstić information content (AvgIpc) is 3.10. The van der Waals surface area contributed by atoms with E-state index in [1.807, 2.05) is 24.3 Å². The van der Waals surface area contributed by atoms with Crippen molar-refractivity contribution in [2.24, 2.45) is 5.84 Å². The highest BCUT2D eigenvalue weighted by Gasteiger charge is 2.15. The quantitative estimate of drug-likeness (QED) is 0.335. The van der Waals surface area contributed by atoms with E-state index in [9.17, 15) is 4.79 Å². The van der Waals surface area contributed by atoms with Gasteiger partial charge in [0.05, 0.1) is 16.5 Å². The van der Waals surface area contributed by atoms with Gasteiger partial charge in [-0.1, -0.05) is 23.9 Å². The highest BCUT2D eigenvalue weighted by molar-refractivity contribution is 8.00. The molecule has 5 nitrogen and oxygen atoms in total. The Morgan fingerprint density at radius 2 is 2.25 bits per heavy atom. The number of thiazole rings is 1. The van der Waals surface area contributed by atoms with Crippen LogP contribution in [0.5, 0.6) is 0 Å². The number of hydrogen-bond acceptors (Lipinski definition) is 6. The lowest BCUT2D eigenvalue weighted by Gasteiger charge is -1.99. The van der Waals surface area contributed by atoms with Crippen LogP contribution in [0.1, 0.15) is 16.1 Å². The van der Waals surface area contributed by atoms with Crippen molar-refractivity contribution in [1.29, 1.82) is 0 Å². The number of nitrogens with two attached hydrogens (primary N) is 1. The third-order valence-electron chi connectivity index (χ3n) is 2.71. The zero-order valence-electron chi connectivity index (χ0n) is 10.3. The summed E-state index contributed by atoms with van der Waals surface area (Å²) < 4.78 is 7.26. The van der Waals surface area contributed by atoms with Gasteiger partial charge < -0.3 is 4.42 Å². The summed E-state index contributed by atoms with van der Waals surface area (Å²) in [6.45, 7) is 0. The summed E-state index contributed by atoms with van der Waals surface area (Å²) >= 11 is 3.21. The maximum absolute atomic E-state index is 11.5. The van der Waals surface area contributed by atoms with Gasteiger partial charge >= 0.3 is 5.91 Å². The number of nitrogen functional groups attached to an aromatic ring is 1. The second kappa shape index (κ2) is 5.66. The van der Waals surface area contributed by atoms with Crippen LogP contribution in [0.15, 0.2) is 45.4 Å². The van der Waals surface area contributed by atoms with Crippen molar-refractivity contribution in [2.75, 3.05) is 0 Å². The van der Waals surface area contributed by atoms with Crippen molar-refractivity contribution < 1.29 is 9.21 Å². The molecule has 7 heteroatoms. The Morgan fingerprint density at radius 1 is 1.40 bits per heavy atom. The van der Waals surface area contributed by atoms with Crippen molar-refractivity contribution in [3.8, 4) is 0 Å². The largest absolute Gasteiger partial charge is 0.459 e. The predicted octanol–water partition coefficient (Wildman–Crippen LogP) is 2.79. The molecule has 0 saturated carbocycles. The number of carbonyl (C=O) groups is 1. The van der Waals surface area contributed by atoms with E-state index in [0.717, 1.165) is 20.1 Å². The number of nitrogens with one attached hydrogen (secondary N) is 1. The second-order valence-corrected chi connectivity index (χ2v) is 6.24. The molecule has 2 aromatic heterocycles. The Hall–Kier alpha value is -1.83. The molecule has 0 aliphatic heterocycles. The number of furan rings is 1. The fraction of sp³-hybridized carbons (Fsp3) is 0.0769. The number of carbonyl (C=O) groups excluding carboxylic acids is 1. The summed E-state index contributed by atoms with van der Waals surface area (Å²) in [6.07, 6.45) is 1.48. The summed E-state index contributed by atoms with van der Waals surface area (Å²) in [6, 6.07) is 9.76. The van der Waals surface area contributed by atoms with Crippen LogP contribution in [0.3, 0.4) is 0 Å². The number of rotatable bonds is 4. The van der Waals surface area contributed by atoms with E-state index in [-0.39, 0.29) is 5.76 Å². The number of hydrazine groups is 1. The van der Waals surface area contributed by atoms with E-state index in [1.165, 1.54) is 6.26 Å². The van der Waals surface area contributed by atoms with Crippen molar-refractivity contribution >= 4 is 39.2 Å². The van der Waals surface area contributed by atoms with Gasteiger partial charge in [0.2, 0.25) is 0 Å². The van der Waals surface area contributed by atoms with Gasteiger partial charge in [-0.15, -0.1) is 11.3 Å². The van der Waals surface area contributed by atoms with Crippen LogP contribution >= 0.6 is 23.1 Å². The van der Waals surface area contributed by atoms with Gasteiger partial charge in [0.1, 0.15) is 0 Å². The third-order valence-corrected chi connectivity index (χ3v) is 4.94. The molecular formula is C13H11N3O2S2. The molecule has 0 atom stereocenters. The Balaban J connectivity index is 1.76. The zero-order valence-corrected chi connectivity index (χ0v) is 12.0. The van der Waals surface area contributed by atoms with Crippen LogP contribution in [0, 0.1) is 0 Å². The fourth-order valence-electron chi connectivity index (χ4n) is 1.77. The number of aromatic nitrogens is 1. The molecular weight excluding hydrogens is 294 g/mol. The van der Waals surface area contributed by atoms with E-state index in [0.29, 0.717) is 5.75 Å². The Morgan fingerprint density at radius 3 is 3.05 bits per heavy atom. The number of para-hydroxylation sites is 1. The van der Waals surface area contributed by atoms with Gasteiger partial charge in [-0.2, -0.15) is 0 Å². The summed E-state index contributed by atoms with van der Waals surface area (Å²) in [4.78, 5) is 16.0. The molecule has 0 unspecified atom stereocenters. The fourth-order valence-corrected chi connectivity index (χ4v) is 3.81. The molecule has 0 bridgehead atoms. The molecule has 2 heterocycles. The van der Waals surface area contributed by atoms with E-state index >= 15 is 0 Å². The molecule has 0 saturated heterocycles. The number of hydrogen-bond donors (Lipinski definition) is 2. The van der Waals surface area contributed by atoms with Gasteiger partial charge in [-0.25, -0.2) is 10.8 Å². The molecule has 1 amide bonds. The first-order chi connectivity index (χ1) is 9.78. The summed E-state index contributed by atoms with van der Waals surface area (Å²) in [5, 5.41) is 0. The molecule has 0 aliphatic carbocycles. The number of nitrogens with zero attached hydrogens (tertiary/aromatic N) is 1. The highest BCUT2D eigenvalue weighted by Crippen LogP contribution is 2.32. The van der Waals surface area contributed by atoms with Gasteiger partial charge in [-0.3, -0.25) is 10.2 Å². The average molecular weight is 305 g/mol. The number of amides is 1. The van der Waals surface area contributed by atoms with Crippen LogP contribution < -0.4 is 11.3 Å². The smallest absolute Gasteiger partial charge is 0.301 e. The van der Waals surface area contributed by atoms with Crippen molar-refractivity contribution in [3.63, 3.8) is 0 Å². The molecule has 3 aromatic rings. The molecule has 3 rings (SSSR count). The van der Waals surface area contributed by atoms with Crippen molar-refractivity contribution in [3.05, 3.63) is 47.9 Å². The normalized spacial score (nSPS) is 10.8. The maximum Gasteiger partial charge on any atom is 0.301 e. The second-order valence-electron chi connectivity index (χ2n) is 3.98. The van der Waals surface area contributed by atoms with E-state index in [4.69, 9.17) is 10.3 Å². The summed E-state index contributed by atoms with van der Waals surface area (Å²) in [7, 11) is 0. The molecule has 0 radical (unpaired) electrons. The molecule has 0 aliphatic rings. The minimum absolute atomic E-state index is 0.251. The van der Waals surface area contributed by atoms with Crippen LogP contribution in [-0.2, 0) is 5.75 Å². The standard InChI is InChI=1S/C13H11N3O2S2/c14-16-12(17)11-8(5-6-18-11)7-19-13-15-9-3-1-2-4-10(9)20-13/h1-6H,7,14H2,(H,16,17). The van der Waals surface area contributed by atoms with E-state index < -0.39 is 5.91 Å². The predicted molar refractivity (Wildman–Crippen MR) is 79.5 cm³/mol. The summed E-state index contributed by atoms with van der Waals surface area (Å²) in [5.74, 6) is 5.55. The first-order valence-corrected chi connectivity index (χ1v) is 7.64. The van der Waals surface area contributed by atoms with Gasteiger partial charge in [0.15, 0.2) is 10.1 Å². The first-order valence-electron chi connectivity index (χ1n) is 5.83. The minimum Gasteiger partial charge on any atom is -0.459 e. The van der Waals surface area contributed by atoms with Crippen molar-refractivity contribution in [1.82, 2.24) is 10.4 Å². The molecule has 102 valence electrons. The SMILES string of the molecule is NNC(=O)c1occc1CSc1nc2ccccc2s1. The van der Waals surface area contributed by atoms with E-state index in [1.54, 1.807) is 29.2 Å². The molecule has 20 heavy (non-hydrogen) atoms. The first kappa shape index (κ1) is 13.2. The summed E-state index contributed by atoms with van der Waals surface area (Å²) in [5.41, 5.74) is 3.87. The Kier molecular flexibility index (Phi) is 3.72. The minimum atomic E-state index is -0.421. The topological polar surface area (TPSA) is 81.1 Å². The molecule has 3 N–H and O–H groups in total. The Bertz CT molecular complexity index is 718. The lowest BCUT2D eigenvalue weighted by Crippen LogP contribution is -2.30. The highest BCUT2D eigenvalue weighted by atomic mass is 32.2. The lowest BCUT2D eigenvalue weighted by molar-refractivity contribution is 0.0925. The van der Waals surface area contributed by atoms with Crippen LogP contribution in [0.25, 0.3) is 10.2 Å². The molecule has 0 fully saturated rings. The zero-order chi connectivity index (χ0) is 13.9. The van der Waals surface area contributed by atoms with Gasteiger partial charge in [0, 0.05) is 11.3 Å². The van der Waals surface area contributed by atoms with Gasteiger partial charge in [-0.05, 0) is 18.2 Å².